The van der Waals surface area contributed by atoms with Crippen molar-refractivity contribution in [1.82, 2.24) is 0 Å². The standard InChI is InChI=1S/C18H25BrO6/c1-3-5-7-22-17(20)12-24-15-9-14(19)10-16(11-15)25-13-18(21)23-8-6-4-2/h9-11H,3-8,12-13H2,1-2H3. The van der Waals surface area contributed by atoms with E-state index in [4.69, 9.17) is 18.9 Å². The fourth-order valence-corrected chi connectivity index (χ4v) is 2.18. The SMILES string of the molecule is CCCCOC(=O)COc1cc(Br)cc(OCC(=O)OCCCC)c1. The van der Waals surface area contributed by atoms with Gasteiger partial charge in [0.05, 0.1) is 13.2 Å². The Bertz CT molecular complexity index is 502. The largest absolute Gasteiger partial charge is 0.482 e. The Labute approximate surface area is 156 Å². The predicted octanol–water partition coefficient (Wildman–Crippen LogP) is 3.89. The third-order valence-electron chi connectivity index (χ3n) is 3.08. The third kappa shape index (κ3) is 9.96. The van der Waals surface area contributed by atoms with Crippen molar-refractivity contribution >= 4 is 27.9 Å². The van der Waals surface area contributed by atoms with Crippen LogP contribution in [-0.4, -0.2) is 38.4 Å². The molecule has 0 unspecified atom stereocenters. The summed E-state index contributed by atoms with van der Waals surface area (Å²) in [5.41, 5.74) is 0. The number of ether oxygens (including phenoxy) is 4. The monoisotopic (exact) mass is 416 g/mol. The predicted molar refractivity (Wildman–Crippen MR) is 96.9 cm³/mol. The molecule has 0 N–H and O–H groups in total. The zero-order chi connectivity index (χ0) is 18.5. The zero-order valence-electron chi connectivity index (χ0n) is 14.7. The van der Waals surface area contributed by atoms with Gasteiger partial charge in [0.2, 0.25) is 0 Å². The molecule has 0 radical (unpaired) electrons. The minimum Gasteiger partial charge on any atom is -0.482 e. The summed E-state index contributed by atoms with van der Waals surface area (Å²) in [6.45, 7) is 4.47. The van der Waals surface area contributed by atoms with E-state index < -0.39 is 11.9 Å². The average Bonchev–Trinajstić information content (AvgIpc) is 2.58. The minimum absolute atomic E-state index is 0.182. The summed E-state index contributed by atoms with van der Waals surface area (Å²) in [5, 5.41) is 0. The van der Waals surface area contributed by atoms with Crippen molar-refractivity contribution in [2.45, 2.75) is 39.5 Å². The van der Waals surface area contributed by atoms with E-state index in [1.165, 1.54) is 0 Å². The van der Waals surface area contributed by atoms with Crippen molar-refractivity contribution in [1.29, 1.82) is 0 Å². The molecule has 0 aromatic heterocycles. The van der Waals surface area contributed by atoms with Gasteiger partial charge in [-0.2, -0.15) is 0 Å². The smallest absolute Gasteiger partial charge is 0.344 e. The van der Waals surface area contributed by atoms with Crippen molar-refractivity contribution in [3.8, 4) is 11.5 Å². The number of rotatable bonds is 12. The summed E-state index contributed by atoms with van der Waals surface area (Å²) in [4.78, 5) is 23.1. The van der Waals surface area contributed by atoms with Crippen LogP contribution in [0.25, 0.3) is 0 Å². The van der Waals surface area contributed by atoms with Gasteiger partial charge in [-0.25, -0.2) is 9.59 Å². The maximum absolute atomic E-state index is 11.5. The highest BCUT2D eigenvalue weighted by molar-refractivity contribution is 9.10. The number of hydrogen-bond donors (Lipinski definition) is 0. The van der Waals surface area contributed by atoms with Gasteiger partial charge in [0, 0.05) is 10.5 Å². The van der Waals surface area contributed by atoms with E-state index in [0.29, 0.717) is 29.2 Å². The third-order valence-corrected chi connectivity index (χ3v) is 3.54. The lowest BCUT2D eigenvalue weighted by molar-refractivity contribution is -0.146. The van der Waals surface area contributed by atoms with Gasteiger partial charge in [-0.05, 0) is 25.0 Å². The summed E-state index contributed by atoms with van der Waals surface area (Å²) < 4.78 is 21.6. The van der Waals surface area contributed by atoms with Crippen LogP contribution >= 0.6 is 15.9 Å². The molecular weight excluding hydrogens is 392 g/mol. The Morgan fingerprint density at radius 2 is 1.28 bits per heavy atom. The van der Waals surface area contributed by atoms with Gasteiger partial charge in [-0.1, -0.05) is 42.6 Å². The number of hydrogen-bond acceptors (Lipinski definition) is 6. The summed E-state index contributed by atoms with van der Waals surface area (Å²) in [6.07, 6.45) is 3.58. The van der Waals surface area contributed by atoms with Crippen molar-refractivity contribution in [3.63, 3.8) is 0 Å². The minimum atomic E-state index is -0.421. The van der Waals surface area contributed by atoms with Crippen LogP contribution in [0, 0.1) is 0 Å². The molecule has 140 valence electrons. The number of carbonyl (C=O) groups excluding carboxylic acids is 2. The Kier molecular flexibility index (Phi) is 10.7. The summed E-state index contributed by atoms with van der Waals surface area (Å²) in [5.74, 6) is 0.0399. The zero-order valence-corrected chi connectivity index (χ0v) is 16.3. The highest BCUT2D eigenvalue weighted by Crippen LogP contribution is 2.26. The first kappa shape index (κ1) is 21.3. The summed E-state index contributed by atoms with van der Waals surface area (Å²) >= 11 is 3.34. The van der Waals surface area contributed by atoms with Gasteiger partial charge in [0.15, 0.2) is 13.2 Å². The second-order valence-corrected chi connectivity index (χ2v) is 6.26. The van der Waals surface area contributed by atoms with E-state index in [9.17, 15) is 9.59 Å². The van der Waals surface area contributed by atoms with Crippen molar-refractivity contribution < 1.29 is 28.5 Å². The second-order valence-electron chi connectivity index (χ2n) is 5.35. The molecular formula is C18H25BrO6. The Hall–Kier alpha value is -1.76. The molecule has 0 saturated carbocycles. The lowest BCUT2D eigenvalue weighted by Crippen LogP contribution is -2.16. The Morgan fingerprint density at radius 3 is 1.68 bits per heavy atom. The first-order chi connectivity index (χ1) is 12.0. The highest BCUT2D eigenvalue weighted by atomic mass is 79.9. The van der Waals surface area contributed by atoms with Crippen LogP contribution in [0.15, 0.2) is 22.7 Å². The number of halogens is 1. The van der Waals surface area contributed by atoms with Gasteiger partial charge in [0.25, 0.3) is 0 Å². The molecule has 25 heavy (non-hydrogen) atoms. The van der Waals surface area contributed by atoms with E-state index >= 15 is 0 Å². The molecule has 1 aromatic carbocycles. The van der Waals surface area contributed by atoms with E-state index in [1.807, 2.05) is 13.8 Å². The van der Waals surface area contributed by atoms with Gasteiger partial charge in [-0.3, -0.25) is 0 Å². The molecule has 0 spiro atoms. The quantitative estimate of drug-likeness (QED) is 0.380. The van der Waals surface area contributed by atoms with Crippen LogP contribution in [0.2, 0.25) is 0 Å². The maximum Gasteiger partial charge on any atom is 0.344 e. The number of benzene rings is 1. The van der Waals surface area contributed by atoms with Crippen molar-refractivity contribution in [2.24, 2.45) is 0 Å². The van der Waals surface area contributed by atoms with Crippen molar-refractivity contribution in [2.75, 3.05) is 26.4 Å². The van der Waals surface area contributed by atoms with Crippen LogP contribution in [-0.2, 0) is 19.1 Å². The van der Waals surface area contributed by atoms with E-state index in [0.717, 1.165) is 25.7 Å². The van der Waals surface area contributed by atoms with Crippen LogP contribution in [0.3, 0.4) is 0 Å². The average molecular weight is 417 g/mol. The molecule has 0 aliphatic rings. The molecule has 0 aliphatic carbocycles. The maximum atomic E-state index is 11.5. The van der Waals surface area contributed by atoms with Gasteiger partial charge in [-0.15, -0.1) is 0 Å². The van der Waals surface area contributed by atoms with E-state index in [2.05, 4.69) is 15.9 Å². The van der Waals surface area contributed by atoms with Gasteiger partial charge >= 0.3 is 11.9 Å². The molecule has 0 atom stereocenters. The Morgan fingerprint density at radius 1 is 0.840 bits per heavy atom. The van der Waals surface area contributed by atoms with E-state index in [-0.39, 0.29) is 13.2 Å². The molecule has 0 heterocycles. The van der Waals surface area contributed by atoms with Gasteiger partial charge < -0.3 is 18.9 Å². The summed E-state index contributed by atoms with van der Waals surface area (Å²) in [7, 11) is 0. The number of esters is 2. The molecule has 1 aromatic rings. The van der Waals surface area contributed by atoms with Crippen LogP contribution in [0.1, 0.15) is 39.5 Å². The van der Waals surface area contributed by atoms with Crippen molar-refractivity contribution in [3.05, 3.63) is 22.7 Å². The molecule has 7 heteroatoms. The number of carbonyl (C=O) groups is 2. The molecule has 0 bridgehead atoms. The second kappa shape index (κ2) is 12.6. The van der Waals surface area contributed by atoms with Crippen LogP contribution in [0.4, 0.5) is 0 Å². The molecule has 0 saturated heterocycles. The van der Waals surface area contributed by atoms with Gasteiger partial charge in [0.1, 0.15) is 11.5 Å². The topological polar surface area (TPSA) is 71.1 Å². The lowest BCUT2D eigenvalue weighted by atomic mass is 10.3. The lowest BCUT2D eigenvalue weighted by Gasteiger charge is -2.10. The van der Waals surface area contributed by atoms with Crippen LogP contribution < -0.4 is 9.47 Å². The number of unbranched alkanes of at least 4 members (excludes halogenated alkanes) is 2. The first-order valence-corrected chi connectivity index (χ1v) is 9.21. The first-order valence-electron chi connectivity index (χ1n) is 8.42. The molecule has 1 rings (SSSR count). The molecule has 0 amide bonds. The van der Waals surface area contributed by atoms with E-state index in [1.54, 1.807) is 18.2 Å². The highest BCUT2D eigenvalue weighted by Gasteiger charge is 2.09. The molecule has 0 aliphatic heterocycles. The summed E-state index contributed by atoms with van der Waals surface area (Å²) in [6, 6.07) is 5.00. The molecule has 6 nitrogen and oxygen atoms in total. The fraction of sp³-hybridized carbons (Fsp3) is 0.556. The normalized spacial score (nSPS) is 10.2. The van der Waals surface area contributed by atoms with Crippen LogP contribution in [0.5, 0.6) is 11.5 Å². The fourth-order valence-electron chi connectivity index (χ4n) is 1.73. The molecule has 0 fully saturated rings. The Balaban J connectivity index is 2.44.